The lowest BCUT2D eigenvalue weighted by molar-refractivity contribution is 0.565. The number of nitrogens with one attached hydrogen (secondary N) is 1. The lowest BCUT2D eigenvalue weighted by atomic mass is 10.1. The minimum Gasteiger partial charge on any atom is -0.369 e. The predicted octanol–water partition coefficient (Wildman–Crippen LogP) is 3.73. The van der Waals surface area contributed by atoms with Crippen molar-refractivity contribution in [3.05, 3.63) is 29.6 Å². The zero-order chi connectivity index (χ0) is 13.8. The monoisotopic (exact) mass is 264 g/mol. The van der Waals surface area contributed by atoms with Crippen molar-refractivity contribution in [2.24, 2.45) is 5.92 Å². The van der Waals surface area contributed by atoms with Gasteiger partial charge in [-0.25, -0.2) is 4.39 Å². The van der Waals surface area contributed by atoms with Crippen LogP contribution in [0.3, 0.4) is 0 Å². The van der Waals surface area contributed by atoms with Crippen LogP contribution in [0.4, 0.5) is 10.1 Å². The van der Waals surface area contributed by atoms with Gasteiger partial charge in [-0.3, -0.25) is 0 Å². The Morgan fingerprint density at radius 1 is 1.42 bits per heavy atom. The van der Waals surface area contributed by atoms with E-state index in [9.17, 15) is 4.39 Å². The highest BCUT2D eigenvalue weighted by Crippen LogP contribution is 2.29. The Labute approximate surface area is 116 Å². The predicted molar refractivity (Wildman–Crippen MR) is 79.1 cm³/mol. The quantitative estimate of drug-likeness (QED) is 0.871. The van der Waals surface area contributed by atoms with Crippen molar-refractivity contribution in [3.8, 4) is 0 Å². The summed E-state index contributed by atoms with van der Waals surface area (Å²) in [5.74, 6) is 0.638. The van der Waals surface area contributed by atoms with Crippen molar-refractivity contribution in [1.29, 1.82) is 0 Å². The Morgan fingerprint density at radius 2 is 2.21 bits per heavy atom. The van der Waals surface area contributed by atoms with Crippen molar-refractivity contribution >= 4 is 5.69 Å². The van der Waals surface area contributed by atoms with E-state index in [1.54, 1.807) is 6.07 Å². The van der Waals surface area contributed by atoms with E-state index < -0.39 is 0 Å². The normalized spacial score (nSPS) is 20.8. The molecule has 1 aliphatic heterocycles. The van der Waals surface area contributed by atoms with E-state index in [1.165, 1.54) is 12.8 Å². The smallest absolute Gasteiger partial charge is 0.146 e. The lowest BCUT2D eigenvalue weighted by Gasteiger charge is -2.21. The van der Waals surface area contributed by atoms with Gasteiger partial charge in [-0.2, -0.15) is 0 Å². The van der Waals surface area contributed by atoms with Gasteiger partial charge < -0.3 is 10.2 Å². The molecule has 0 amide bonds. The molecule has 1 aromatic rings. The first-order valence-corrected chi connectivity index (χ1v) is 7.43. The fraction of sp³-hybridized carbons (Fsp3) is 0.625. The highest BCUT2D eigenvalue weighted by Gasteiger charge is 2.23. The van der Waals surface area contributed by atoms with Gasteiger partial charge in [-0.15, -0.1) is 0 Å². The molecule has 0 aliphatic carbocycles. The summed E-state index contributed by atoms with van der Waals surface area (Å²) < 4.78 is 14.3. The molecule has 1 aliphatic rings. The van der Waals surface area contributed by atoms with Crippen LogP contribution in [0.25, 0.3) is 0 Å². The lowest BCUT2D eigenvalue weighted by Crippen LogP contribution is -2.22. The van der Waals surface area contributed by atoms with E-state index in [0.717, 1.165) is 36.8 Å². The average molecular weight is 264 g/mol. The van der Waals surface area contributed by atoms with E-state index in [-0.39, 0.29) is 11.9 Å². The van der Waals surface area contributed by atoms with Crippen LogP contribution in [0.2, 0.25) is 0 Å². The first-order chi connectivity index (χ1) is 9.15. The number of halogens is 1. The summed E-state index contributed by atoms with van der Waals surface area (Å²) >= 11 is 0. The second-order valence-corrected chi connectivity index (χ2v) is 5.50. The molecule has 1 heterocycles. The number of anilines is 1. The van der Waals surface area contributed by atoms with Crippen LogP contribution in [0, 0.1) is 11.7 Å². The third-order valence-electron chi connectivity index (χ3n) is 4.19. The van der Waals surface area contributed by atoms with Crippen molar-refractivity contribution in [1.82, 2.24) is 5.32 Å². The average Bonchev–Trinajstić information content (AvgIpc) is 2.87. The minimum atomic E-state index is -0.0843. The Balaban J connectivity index is 2.11. The maximum atomic E-state index is 14.3. The van der Waals surface area contributed by atoms with Crippen LogP contribution in [0.15, 0.2) is 18.2 Å². The molecule has 2 unspecified atom stereocenters. The van der Waals surface area contributed by atoms with Crippen LogP contribution in [-0.2, 0) is 0 Å². The molecule has 3 heteroatoms. The summed E-state index contributed by atoms with van der Waals surface area (Å²) in [5.41, 5.74) is 1.79. The summed E-state index contributed by atoms with van der Waals surface area (Å²) in [7, 11) is 0. The molecule has 0 spiro atoms. The maximum absolute atomic E-state index is 14.3. The van der Waals surface area contributed by atoms with Crippen LogP contribution >= 0.6 is 0 Å². The van der Waals surface area contributed by atoms with Gasteiger partial charge in [0.25, 0.3) is 0 Å². The van der Waals surface area contributed by atoms with Crippen LogP contribution in [-0.4, -0.2) is 19.6 Å². The number of hydrogen-bond donors (Lipinski definition) is 1. The molecule has 0 bridgehead atoms. The SMILES string of the molecule is CCNC(C)c1ccc(N2CCC(CC)C2)c(F)c1. The minimum absolute atomic E-state index is 0.0843. The van der Waals surface area contributed by atoms with Gasteiger partial charge in [-0.1, -0.05) is 26.3 Å². The molecular formula is C16H25FN2. The first-order valence-electron chi connectivity index (χ1n) is 7.43. The zero-order valence-electron chi connectivity index (χ0n) is 12.2. The Hall–Kier alpha value is -1.09. The summed E-state index contributed by atoms with van der Waals surface area (Å²) in [5, 5.41) is 3.31. The van der Waals surface area contributed by atoms with Crippen LogP contribution in [0.5, 0.6) is 0 Å². The highest BCUT2D eigenvalue weighted by molar-refractivity contribution is 5.50. The second kappa shape index (κ2) is 6.38. The third-order valence-corrected chi connectivity index (χ3v) is 4.19. The van der Waals surface area contributed by atoms with E-state index in [0.29, 0.717) is 0 Å². The fourth-order valence-corrected chi connectivity index (χ4v) is 2.86. The Bertz CT molecular complexity index is 419. The summed E-state index contributed by atoms with van der Waals surface area (Å²) in [4.78, 5) is 2.19. The zero-order valence-corrected chi connectivity index (χ0v) is 12.2. The molecule has 0 saturated carbocycles. The third kappa shape index (κ3) is 3.27. The standard InChI is InChI=1S/C16H25FN2/c1-4-13-8-9-19(11-13)16-7-6-14(10-15(16)17)12(3)18-5-2/h6-7,10,12-13,18H,4-5,8-9,11H2,1-3H3. The van der Waals surface area contributed by atoms with Gasteiger partial charge in [-0.05, 0) is 43.5 Å². The van der Waals surface area contributed by atoms with Gasteiger partial charge >= 0.3 is 0 Å². The molecule has 1 fully saturated rings. The van der Waals surface area contributed by atoms with E-state index in [1.807, 2.05) is 12.1 Å². The molecule has 1 aromatic carbocycles. The Morgan fingerprint density at radius 3 is 2.79 bits per heavy atom. The van der Waals surface area contributed by atoms with E-state index in [4.69, 9.17) is 0 Å². The topological polar surface area (TPSA) is 15.3 Å². The van der Waals surface area contributed by atoms with Crippen molar-refractivity contribution in [2.75, 3.05) is 24.5 Å². The molecule has 19 heavy (non-hydrogen) atoms. The molecule has 2 nitrogen and oxygen atoms in total. The fourth-order valence-electron chi connectivity index (χ4n) is 2.86. The molecule has 106 valence electrons. The van der Waals surface area contributed by atoms with Crippen molar-refractivity contribution in [2.45, 2.75) is 39.7 Å². The van der Waals surface area contributed by atoms with Crippen molar-refractivity contribution < 1.29 is 4.39 Å². The number of nitrogens with zero attached hydrogens (tertiary/aromatic N) is 1. The Kier molecular flexibility index (Phi) is 4.81. The van der Waals surface area contributed by atoms with Crippen molar-refractivity contribution in [3.63, 3.8) is 0 Å². The van der Waals surface area contributed by atoms with Gasteiger partial charge in [0.2, 0.25) is 0 Å². The molecule has 0 radical (unpaired) electrons. The highest BCUT2D eigenvalue weighted by atomic mass is 19.1. The number of hydrogen-bond acceptors (Lipinski definition) is 2. The van der Waals surface area contributed by atoms with Crippen LogP contribution < -0.4 is 10.2 Å². The molecule has 0 aromatic heterocycles. The molecular weight excluding hydrogens is 239 g/mol. The number of rotatable bonds is 5. The summed E-state index contributed by atoms with van der Waals surface area (Å²) in [6.45, 7) is 9.23. The summed E-state index contributed by atoms with van der Waals surface area (Å²) in [6, 6.07) is 5.87. The maximum Gasteiger partial charge on any atom is 0.146 e. The molecule has 2 atom stereocenters. The molecule has 2 rings (SSSR count). The summed E-state index contributed by atoms with van der Waals surface area (Å²) in [6.07, 6.45) is 2.37. The van der Waals surface area contributed by atoms with Gasteiger partial charge in [0.15, 0.2) is 0 Å². The number of benzene rings is 1. The van der Waals surface area contributed by atoms with Crippen LogP contribution in [0.1, 0.15) is 45.2 Å². The van der Waals surface area contributed by atoms with E-state index >= 15 is 0 Å². The first kappa shape index (κ1) is 14.3. The van der Waals surface area contributed by atoms with Gasteiger partial charge in [0, 0.05) is 19.1 Å². The van der Waals surface area contributed by atoms with Gasteiger partial charge in [0.05, 0.1) is 5.69 Å². The second-order valence-electron chi connectivity index (χ2n) is 5.50. The van der Waals surface area contributed by atoms with E-state index in [2.05, 4.69) is 31.0 Å². The largest absolute Gasteiger partial charge is 0.369 e. The molecule has 1 N–H and O–H groups in total. The molecule has 1 saturated heterocycles. The van der Waals surface area contributed by atoms with Gasteiger partial charge in [0.1, 0.15) is 5.82 Å².